The summed E-state index contributed by atoms with van der Waals surface area (Å²) in [7, 11) is 0. The van der Waals surface area contributed by atoms with Crippen molar-refractivity contribution in [3.05, 3.63) is 28.5 Å². The predicted molar refractivity (Wildman–Crippen MR) is 75.0 cm³/mol. The maximum absolute atomic E-state index is 11.4. The summed E-state index contributed by atoms with van der Waals surface area (Å²) in [6.45, 7) is 1.35. The summed E-state index contributed by atoms with van der Waals surface area (Å²) in [6, 6.07) is 3.84. The third kappa shape index (κ3) is 2.55. The number of amides is 2. The van der Waals surface area contributed by atoms with E-state index < -0.39 is 16.2 Å². The van der Waals surface area contributed by atoms with Gasteiger partial charge in [0.15, 0.2) is 4.33 Å². The Bertz CT molecular complexity index is 515. The summed E-state index contributed by atoms with van der Waals surface area (Å²) < 4.78 is -1.23. The molecule has 4 nitrogen and oxygen atoms in total. The Morgan fingerprint density at radius 2 is 2.28 bits per heavy atom. The van der Waals surface area contributed by atoms with E-state index in [1.54, 1.807) is 17.4 Å². The summed E-state index contributed by atoms with van der Waals surface area (Å²) in [6.07, 6.45) is 1.71. The van der Waals surface area contributed by atoms with Crippen LogP contribution in [0.25, 0.3) is 4.91 Å². The molecule has 3 N–H and O–H groups in total. The van der Waals surface area contributed by atoms with Crippen molar-refractivity contribution in [3.63, 3.8) is 0 Å². The maximum Gasteiger partial charge on any atom is 0.229 e. The zero-order valence-electron chi connectivity index (χ0n) is 9.48. The highest BCUT2D eigenvalue weighted by Crippen LogP contribution is 2.51. The number of hydrogen-bond donors (Lipinski definition) is 2. The average molecular weight is 303 g/mol. The highest BCUT2D eigenvalue weighted by Gasteiger charge is 2.46. The van der Waals surface area contributed by atoms with Gasteiger partial charge in [0.05, 0.1) is 0 Å². The Hall–Kier alpha value is -0.980. The Balaban J connectivity index is 2.31. The van der Waals surface area contributed by atoms with Gasteiger partial charge in [0.25, 0.3) is 0 Å². The lowest BCUT2D eigenvalue weighted by Crippen LogP contribution is -2.48. The topological polar surface area (TPSA) is 72.2 Å². The van der Waals surface area contributed by atoms with Gasteiger partial charge >= 0.3 is 0 Å². The molecule has 96 valence electrons. The molecule has 2 heterocycles. The van der Waals surface area contributed by atoms with Crippen molar-refractivity contribution >= 4 is 51.4 Å². The van der Waals surface area contributed by atoms with Crippen molar-refractivity contribution in [2.24, 2.45) is 11.7 Å². The fourth-order valence-electron chi connectivity index (χ4n) is 1.68. The molecule has 0 radical (unpaired) electrons. The summed E-state index contributed by atoms with van der Waals surface area (Å²) >= 11 is 9.10. The smallest absolute Gasteiger partial charge is 0.229 e. The molecule has 18 heavy (non-hydrogen) atoms. The van der Waals surface area contributed by atoms with Gasteiger partial charge in [-0.05, 0) is 11.4 Å². The van der Waals surface area contributed by atoms with Crippen molar-refractivity contribution in [2.45, 2.75) is 11.3 Å². The molecule has 1 aliphatic rings. The molecule has 0 aromatic carbocycles. The number of nitrogens with two attached hydrogens (primary N) is 1. The number of thiophene rings is 1. The number of hydrogen-bond acceptors (Lipinski definition) is 4. The second-order valence-electron chi connectivity index (χ2n) is 3.82. The molecular formula is C11H11ClN2O2S2. The van der Waals surface area contributed by atoms with Crippen LogP contribution in [0, 0.1) is 5.92 Å². The first-order valence-electron chi connectivity index (χ1n) is 5.14. The first-order chi connectivity index (χ1) is 8.42. The normalized spacial score (nSPS) is 26.8. The van der Waals surface area contributed by atoms with Gasteiger partial charge in [-0.1, -0.05) is 35.5 Å². The van der Waals surface area contributed by atoms with E-state index in [1.165, 1.54) is 18.7 Å². The highest BCUT2D eigenvalue weighted by atomic mass is 35.5. The number of carbonyl (C=O) groups is 2. The minimum atomic E-state index is -1.23. The molecule has 1 aromatic heterocycles. The first-order valence-corrected chi connectivity index (χ1v) is 7.21. The Morgan fingerprint density at radius 3 is 2.78 bits per heavy atom. The van der Waals surface area contributed by atoms with Gasteiger partial charge < -0.3 is 11.1 Å². The standard InChI is InChI=1S/C11H11ClN2O2S2/c1-6(15)14-11(12)7(10(13)16)5-9(18-11)8-3-2-4-17-8/h2-5,7H,1H3,(H2,13,16)(H,14,15). The van der Waals surface area contributed by atoms with Crippen LogP contribution in [0.3, 0.4) is 0 Å². The zero-order chi connectivity index (χ0) is 13.3. The lowest BCUT2D eigenvalue weighted by molar-refractivity contribution is -0.122. The van der Waals surface area contributed by atoms with Crippen LogP contribution in [-0.2, 0) is 9.59 Å². The van der Waals surface area contributed by atoms with Gasteiger partial charge in [0.2, 0.25) is 11.8 Å². The molecule has 0 saturated carbocycles. The summed E-state index contributed by atoms with van der Waals surface area (Å²) in [4.78, 5) is 24.5. The van der Waals surface area contributed by atoms with E-state index in [9.17, 15) is 9.59 Å². The van der Waals surface area contributed by atoms with Gasteiger partial charge in [-0.15, -0.1) is 11.3 Å². The third-order valence-electron chi connectivity index (χ3n) is 2.39. The van der Waals surface area contributed by atoms with Crippen molar-refractivity contribution < 1.29 is 9.59 Å². The summed E-state index contributed by atoms with van der Waals surface area (Å²) in [5.74, 6) is -1.59. The number of alkyl halides is 1. The second-order valence-corrected chi connectivity index (χ2v) is 6.87. The van der Waals surface area contributed by atoms with Gasteiger partial charge in [0, 0.05) is 16.7 Å². The SMILES string of the molecule is CC(=O)NC1(Cl)SC(c2cccs2)=CC1C(N)=O. The van der Waals surface area contributed by atoms with Crippen LogP contribution in [0.5, 0.6) is 0 Å². The summed E-state index contributed by atoms with van der Waals surface area (Å²) in [5, 5.41) is 4.52. The van der Waals surface area contributed by atoms with Gasteiger partial charge in [-0.25, -0.2) is 0 Å². The summed E-state index contributed by atoms with van der Waals surface area (Å²) in [5.41, 5.74) is 5.34. The number of rotatable bonds is 3. The molecule has 0 bridgehead atoms. The van der Waals surface area contributed by atoms with E-state index in [1.807, 2.05) is 17.5 Å². The number of carbonyl (C=O) groups excluding carboxylic acids is 2. The molecule has 1 aromatic rings. The lowest BCUT2D eigenvalue weighted by atomic mass is 10.1. The predicted octanol–water partition coefficient (Wildman–Crippen LogP) is 1.97. The Kier molecular flexibility index (Phi) is 3.70. The van der Waals surface area contributed by atoms with Crippen LogP contribution in [0.1, 0.15) is 11.8 Å². The Labute approximate surface area is 118 Å². The number of thioether (sulfide) groups is 1. The molecule has 0 fully saturated rings. The number of nitrogens with one attached hydrogen (secondary N) is 1. The fourth-order valence-corrected chi connectivity index (χ4v) is 4.34. The molecule has 7 heteroatoms. The highest BCUT2D eigenvalue weighted by molar-refractivity contribution is 8.11. The van der Waals surface area contributed by atoms with Crippen molar-refractivity contribution in [1.29, 1.82) is 0 Å². The second kappa shape index (κ2) is 4.95. The molecule has 0 spiro atoms. The maximum atomic E-state index is 11.4. The van der Waals surface area contributed by atoms with Crippen LogP contribution in [-0.4, -0.2) is 16.1 Å². The van der Waals surface area contributed by atoms with E-state index >= 15 is 0 Å². The minimum Gasteiger partial charge on any atom is -0.369 e. The quantitative estimate of drug-likeness (QED) is 0.662. The van der Waals surface area contributed by atoms with Crippen LogP contribution in [0.4, 0.5) is 0 Å². The molecule has 2 unspecified atom stereocenters. The zero-order valence-corrected chi connectivity index (χ0v) is 11.9. The Morgan fingerprint density at radius 1 is 1.56 bits per heavy atom. The third-order valence-corrected chi connectivity index (χ3v) is 5.22. The van der Waals surface area contributed by atoms with Crippen LogP contribution in [0.2, 0.25) is 0 Å². The van der Waals surface area contributed by atoms with Gasteiger partial charge in [0.1, 0.15) is 5.92 Å². The van der Waals surface area contributed by atoms with E-state index in [0.29, 0.717) is 0 Å². The van der Waals surface area contributed by atoms with Crippen LogP contribution >= 0.6 is 34.7 Å². The van der Waals surface area contributed by atoms with E-state index in [4.69, 9.17) is 17.3 Å². The number of primary amides is 1. The van der Waals surface area contributed by atoms with Crippen molar-refractivity contribution in [2.75, 3.05) is 0 Å². The molecule has 0 aliphatic carbocycles. The minimum absolute atomic E-state index is 0.301. The lowest BCUT2D eigenvalue weighted by Gasteiger charge is -2.26. The molecule has 2 amide bonds. The van der Waals surface area contributed by atoms with Gasteiger partial charge in [-0.2, -0.15) is 0 Å². The first kappa shape index (κ1) is 13.5. The van der Waals surface area contributed by atoms with Crippen molar-refractivity contribution in [3.8, 4) is 0 Å². The molecular weight excluding hydrogens is 292 g/mol. The molecule has 0 saturated heterocycles. The van der Waals surface area contributed by atoms with E-state index in [2.05, 4.69) is 5.32 Å². The molecule has 2 rings (SSSR count). The van der Waals surface area contributed by atoms with Crippen LogP contribution in [0.15, 0.2) is 23.6 Å². The largest absolute Gasteiger partial charge is 0.369 e. The number of halogens is 1. The monoisotopic (exact) mass is 302 g/mol. The average Bonchev–Trinajstić information content (AvgIpc) is 2.82. The fraction of sp³-hybridized carbons (Fsp3) is 0.273. The molecule has 1 aliphatic heterocycles. The molecule has 2 atom stereocenters. The van der Waals surface area contributed by atoms with E-state index in [-0.39, 0.29) is 5.91 Å². The van der Waals surface area contributed by atoms with E-state index in [0.717, 1.165) is 9.78 Å². The van der Waals surface area contributed by atoms with Gasteiger partial charge in [-0.3, -0.25) is 9.59 Å². The van der Waals surface area contributed by atoms with Crippen molar-refractivity contribution in [1.82, 2.24) is 5.32 Å². The van der Waals surface area contributed by atoms with Crippen LogP contribution < -0.4 is 11.1 Å².